The van der Waals surface area contributed by atoms with Crippen molar-refractivity contribution >= 4 is 50.8 Å². The van der Waals surface area contributed by atoms with Gasteiger partial charge in [0, 0.05) is 30.0 Å². The predicted molar refractivity (Wildman–Crippen MR) is 136 cm³/mol. The Bertz CT molecular complexity index is 995. The number of amides is 2. The Morgan fingerprint density at radius 1 is 1.18 bits per heavy atom. The third kappa shape index (κ3) is 7.80. The van der Waals surface area contributed by atoms with Crippen LogP contribution in [0.5, 0.6) is 5.75 Å². The summed E-state index contributed by atoms with van der Waals surface area (Å²) in [4.78, 5) is 25.0. The third-order valence-corrected chi connectivity index (χ3v) is 5.90. The summed E-state index contributed by atoms with van der Waals surface area (Å²) < 4.78 is 11.9. The van der Waals surface area contributed by atoms with E-state index in [2.05, 4.69) is 38.8 Å². The fraction of sp³-hybridized carbons (Fsp3) is 0.375. The summed E-state index contributed by atoms with van der Waals surface area (Å²) in [5.74, 6) is 0.157. The summed E-state index contributed by atoms with van der Waals surface area (Å²) in [5.41, 5.74) is 1.54. The van der Waals surface area contributed by atoms with Crippen LogP contribution in [-0.4, -0.2) is 42.8 Å². The Morgan fingerprint density at radius 3 is 2.73 bits per heavy atom. The molecule has 1 aliphatic heterocycles. The molecule has 0 saturated carbocycles. The lowest BCUT2D eigenvalue weighted by molar-refractivity contribution is 0.0857. The molecule has 3 rings (SSSR count). The molecule has 9 heteroatoms. The van der Waals surface area contributed by atoms with E-state index < -0.39 is 0 Å². The zero-order chi connectivity index (χ0) is 23.6. The lowest BCUT2D eigenvalue weighted by Gasteiger charge is -2.13. The van der Waals surface area contributed by atoms with Gasteiger partial charge in [0.05, 0.1) is 17.2 Å². The summed E-state index contributed by atoms with van der Waals surface area (Å²) in [6.07, 6.45) is 4.07. The predicted octanol–water partition coefficient (Wildman–Crippen LogP) is 4.66. The number of hydrogen-bond donors (Lipinski definition) is 3. The molecule has 3 N–H and O–H groups in total. The van der Waals surface area contributed by atoms with Crippen molar-refractivity contribution in [3.63, 3.8) is 0 Å². The summed E-state index contributed by atoms with van der Waals surface area (Å²) in [7, 11) is 0. The van der Waals surface area contributed by atoms with Gasteiger partial charge in [-0.3, -0.25) is 14.9 Å². The SMILES string of the molecule is CCCCOc1ccc(C(=O)NC(=S)Nc2cccc(C(=O)NCC3CCCO3)c2)cc1Br. The Morgan fingerprint density at radius 2 is 2.00 bits per heavy atom. The lowest BCUT2D eigenvalue weighted by Crippen LogP contribution is -2.34. The molecule has 1 aliphatic rings. The third-order valence-electron chi connectivity index (χ3n) is 5.07. The quantitative estimate of drug-likeness (QED) is 0.320. The molecule has 1 atom stereocenters. The molecular formula is C24H28BrN3O4S. The Labute approximate surface area is 207 Å². The van der Waals surface area contributed by atoms with Crippen LogP contribution in [0, 0.1) is 0 Å². The van der Waals surface area contributed by atoms with E-state index in [1.165, 1.54) is 0 Å². The topological polar surface area (TPSA) is 88.7 Å². The van der Waals surface area contributed by atoms with E-state index in [0.717, 1.165) is 32.3 Å². The average Bonchev–Trinajstić information content (AvgIpc) is 3.32. The molecule has 33 heavy (non-hydrogen) atoms. The highest BCUT2D eigenvalue weighted by molar-refractivity contribution is 9.10. The standard InChI is InChI=1S/C24H28BrN3O4S/c1-2-3-11-32-21-10-9-17(14-20(21)25)23(30)28-24(33)27-18-7-4-6-16(13-18)22(29)26-15-19-8-5-12-31-19/h4,6-7,9-10,13-14,19H,2-3,5,8,11-12,15H2,1H3,(H,26,29)(H2,27,28,30,33). The number of nitrogens with one attached hydrogen (secondary N) is 3. The maximum atomic E-state index is 12.6. The molecule has 0 aromatic heterocycles. The molecule has 0 bridgehead atoms. The van der Waals surface area contributed by atoms with Crippen molar-refractivity contribution in [2.24, 2.45) is 0 Å². The molecule has 1 unspecified atom stereocenters. The summed E-state index contributed by atoms with van der Waals surface area (Å²) in [6.45, 7) is 3.96. The van der Waals surface area contributed by atoms with Gasteiger partial charge in [0.2, 0.25) is 0 Å². The molecular weight excluding hydrogens is 506 g/mol. The molecule has 2 aromatic rings. The number of benzene rings is 2. The number of ether oxygens (including phenoxy) is 2. The minimum Gasteiger partial charge on any atom is -0.492 e. The molecule has 0 spiro atoms. The van der Waals surface area contributed by atoms with Crippen molar-refractivity contribution < 1.29 is 19.1 Å². The molecule has 2 aromatic carbocycles. The molecule has 0 aliphatic carbocycles. The van der Waals surface area contributed by atoms with Gasteiger partial charge in [-0.2, -0.15) is 0 Å². The second kappa shape index (κ2) is 12.7. The van der Waals surface area contributed by atoms with Crippen LogP contribution >= 0.6 is 28.1 Å². The van der Waals surface area contributed by atoms with Gasteiger partial charge in [-0.25, -0.2) is 0 Å². The zero-order valence-corrected chi connectivity index (χ0v) is 20.9. The van der Waals surface area contributed by atoms with Crippen LogP contribution in [0.4, 0.5) is 5.69 Å². The molecule has 176 valence electrons. The van der Waals surface area contributed by atoms with Crippen molar-refractivity contribution in [2.75, 3.05) is 25.1 Å². The fourth-order valence-electron chi connectivity index (χ4n) is 3.28. The number of hydrogen-bond acceptors (Lipinski definition) is 5. The van der Waals surface area contributed by atoms with Gasteiger partial charge >= 0.3 is 0 Å². The first-order valence-corrected chi connectivity index (χ1v) is 12.2. The second-order valence-electron chi connectivity index (χ2n) is 7.68. The highest BCUT2D eigenvalue weighted by Gasteiger charge is 2.17. The van der Waals surface area contributed by atoms with E-state index in [1.54, 1.807) is 42.5 Å². The fourth-order valence-corrected chi connectivity index (χ4v) is 3.98. The van der Waals surface area contributed by atoms with E-state index >= 15 is 0 Å². The number of carbonyl (C=O) groups excluding carboxylic acids is 2. The summed E-state index contributed by atoms with van der Waals surface area (Å²) in [6, 6.07) is 12.1. The van der Waals surface area contributed by atoms with Crippen LogP contribution in [0.25, 0.3) is 0 Å². The van der Waals surface area contributed by atoms with Crippen LogP contribution < -0.4 is 20.7 Å². The number of rotatable bonds is 9. The largest absolute Gasteiger partial charge is 0.492 e. The Balaban J connectivity index is 1.52. The van der Waals surface area contributed by atoms with Crippen molar-refractivity contribution in [2.45, 2.75) is 38.7 Å². The number of anilines is 1. The molecule has 1 heterocycles. The maximum Gasteiger partial charge on any atom is 0.257 e. The van der Waals surface area contributed by atoms with Crippen LogP contribution in [-0.2, 0) is 4.74 Å². The Kier molecular flexibility index (Phi) is 9.65. The second-order valence-corrected chi connectivity index (χ2v) is 8.94. The van der Waals surface area contributed by atoms with Crippen LogP contribution in [0.15, 0.2) is 46.9 Å². The molecule has 2 amide bonds. The average molecular weight is 534 g/mol. The molecule has 0 radical (unpaired) electrons. The molecule has 1 saturated heterocycles. The number of carbonyl (C=O) groups is 2. The number of unbranched alkanes of at least 4 members (excludes halogenated alkanes) is 1. The van der Waals surface area contributed by atoms with Crippen LogP contribution in [0.2, 0.25) is 0 Å². The lowest BCUT2D eigenvalue weighted by atomic mass is 10.1. The molecule has 1 fully saturated rings. The Hall–Kier alpha value is -2.49. The monoisotopic (exact) mass is 533 g/mol. The van der Waals surface area contributed by atoms with Gasteiger partial charge in [0.1, 0.15) is 5.75 Å². The maximum absolute atomic E-state index is 12.6. The van der Waals surface area contributed by atoms with Crippen LogP contribution in [0.3, 0.4) is 0 Å². The van der Waals surface area contributed by atoms with E-state index in [1.807, 2.05) is 0 Å². The first kappa shape index (κ1) is 25.1. The minimum atomic E-state index is -0.348. The van der Waals surface area contributed by atoms with Gasteiger partial charge in [-0.05, 0) is 83.8 Å². The van der Waals surface area contributed by atoms with E-state index in [0.29, 0.717) is 40.2 Å². The summed E-state index contributed by atoms with van der Waals surface area (Å²) in [5, 5.41) is 8.64. The van der Waals surface area contributed by atoms with Gasteiger partial charge < -0.3 is 20.1 Å². The minimum absolute atomic E-state index is 0.0788. The number of halogens is 1. The molecule has 7 nitrogen and oxygen atoms in total. The van der Waals surface area contributed by atoms with Crippen molar-refractivity contribution in [1.29, 1.82) is 0 Å². The highest BCUT2D eigenvalue weighted by Crippen LogP contribution is 2.26. The van der Waals surface area contributed by atoms with Crippen molar-refractivity contribution in [3.8, 4) is 5.75 Å². The zero-order valence-electron chi connectivity index (χ0n) is 18.5. The van der Waals surface area contributed by atoms with Gasteiger partial charge in [0.25, 0.3) is 11.8 Å². The highest BCUT2D eigenvalue weighted by atomic mass is 79.9. The number of thiocarbonyl (C=S) groups is 1. The first-order valence-electron chi connectivity index (χ1n) is 11.0. The smallest absolute Gasteiger partial charge is 0.257 e. The van der Waals surface area contributed by atoms with E-state index in [9.17, 15) is 9.59 Å². The summed E-state index contributed by atoms with van der Waals surface area (Å²) >= 11 is 8.72. The van der Waals surface area contributed by atoms with Gasteiger partial charge in [0.15, 0.2) is 5.11 Å². The van der Waals surface area contributed by atoms with E-state index in [-0.39, 0.29) is 23.0 Å². The first-order chi connectivity index (χ1) is 16.0. The van der Waals surface area contributed by atoms with Crippen LogP contribution in [0.1, 0.15) is 53.3 Å². The van der Waals surface area contributed by atoms with Gasteiger partial charge in [-0.15, -0.1) is 0 Å². The normalized spacial score (nSPS) is 15.0. The van der Waals surface area contributed by atoms with Crippen molar-refractivity contribution in [1.82, 2.24) is 10.6 Å². The van der Waals surface area contributed by atoms with E-state index in [4.69, 9.17) is 21.7 Å². The van der Waals surface area contributed by atoms with Crippen molar-refractivity contribution in [3.05, 3.63) is 58.1 Å². The van der Waals surface area contributed by atoms with Gasteiger partial charge in [-0.1, -0.05) is 19.4 Å².